The van der Waals surface area contributed by atoms with E-state index in [1.54, 1.807) is 24.2 Å². The Hall–Kier alpha value is -2.69. The molecule has 1 heterocycles. The van der Waals surface area contributed by atoms with Crippen LogP contribution in [0.15, 0.2) is 58.0 Å². The summed E-state index contributed by atoms with van der Waals surface area (Å²) in [5.41, 5.74) is 6.12. The number of hydrogen-bond donors (Lipinski definition) is 4. The number of anilines is 4. The molecule has 0 aliphatic heterocycles. The molecule has 1 aromatic heterocycles. The minimum atomic E-state index is -0.870. The zero-order chi connectivity index (χ0) is 23.1. The van der Waals surface area contributed by atoms with Crippen LogP contribution in [-0.2, 0) is 0 Å². The molecule has 0 spiro atoms. The largest absolute Gasteiger partial charge is 0.365 e. The number of rotatable bonds is 10. The molecule has 2 aromatic carbocycles. The number of halogens is 2. The molecule has 0 bridgehead atoms. The lowest BCUT2D eigenvalue weighted by Crippen LogP contribution is -2.16. The summed E-state index contributed by atoms with van der Waals surface area (Å²) < 4.78 is 17.9. The quantitative estimate of drug-likeness (QED) is 0.204. The first-order chi connectivity index (χ1) is 15.3. The molecule has 0 radical (unpaired) electrons. The molecule has 0 aliphatic carbocycles. The van der Waals surface area contributed by atoms with Gasteiger partial charge in [-0.3, -0.25) is 9.52 Å². The predicted octanol–water partition coefficient (Wildman–Crippen LogP) is 5.61. The summed E-state index contributed by atoms with van der Waals surface area (Å²) in [6.45, 7) is 5.35. The molecule has 0 unspecified atom stereocenters. The maximum Gasteiger partial charge on any atom is 0.253 e. The van der Waals surface area contributed by atoms with Gasteiger partial charge in [0.2, 0.25) is 5.95 Å². The van der Waals surface area contributed by atoms with Crippen LogP contribution in [0.4, 0.5) is 27.5 Å². The molecule has 32 heavy (non-hydrogen) atoms. The average Bonchev–Trinajstić information content (AvgIpc) is 2.74. The fourth-order valence-corrected chi connectivity index (χ4v) is 3.69. The number of carbonyl (C=O) groups is 1. The van der Waals surface area contributed by atoms with Gasteiger partial charge in [-0.15, -0.1) is 0 Å². The molecule has 0 atom stereocenters. The molecule has 3 rings (SSSR count). The first-order valence-corrected chi connectivity index (χ1v) is 11.6. The van der Waals surface area contributed by atoms with Gasteiger partial charge in [-0.2, -0.15) is 4.98 Å². The molecular formula is C22H24BrFN6OS. The highest BCUT2D eigenvalue weighted by atomic mass is 79.9. The summed E-state index contributed by atoms with van der Waals surface area (Å²) in [6.07, 6.45) is 2.68. The van der Waals surface area contributed by atoms with Gasteiger partial charge in [0.25, 0.3) is 5.91 Å². The lowest BCUT2D eigenvalue weighted by Gasteiger charge is -2.13. The lowest BCUT2D eigenvalue weighted by molar-refractivity contribution is 0.0997. The van der Waals surface area contributed by atoms with Crippen LogP contribution in [0.3, 0.4) is 0 Å². The Morgan fingerprint density at radius 1 is 1.19 bits per heavy atom. The van der Waals surface area contributed by atoms with Crippen LogP contribution in [0.5, 0.6) is 0 Å². The van der Waals surface area contributed by atoms with Crippen molar-refractivity contribution in [2.24, 2.45) is 11.7 Å². The summed E-state index contributed by atoms with van der Waals surface area (Å²) in [4.78, 5) is 21.4. The van der Waals surface area contributed by atoms with Crippen molar-refractivity contribution in [2.45, 2.75) is 25.2 Å². The van der Waals surface area contributed by atoms with Crippen LogP contribution >= 0.6 is 27.9 Å². The third-order valence-electron chi connectivity index (χ3n) is 4.38. The highest BCUT2D eigenvalue weighted by molar-refractivity contribution is 9.10. The predicted molar refractivity (Wildman–Crippen MR) is 131 cm³/mol. The van der Waals surface area contributed by atoms with Crippen molar-refractivity contribution in [3.8, 4) is 0 Å². The van der Waals surface area contributed by atoms with Gasteiger partial charge >= 0.3 is 0 Å². The summed E-state index contributed by atoms with van der Waals surface area (Å²) in [5, 5.41) is 6.08. The van der Waals surface area contributed by atoms with E-state index in [1.807, 2.05) is 24.3 Å². The lowest BCUT2D eigenvalue weighted by atomic mass is 10.1. The topological polar surface area (TPSA) is 105 Å². The van der Waals surface area contributed by atoms with E-state index in [9.17, 15) is 9.18 Å². The second-order valence-electron chi connectivity index (χ2n) is 7.37. The molecule has 168 valence electrons. The van der Waals surface area contributed by atoms with E-state index in [2.05, 4.69) is 55.1 Å². The minimum Gasteiger partial charge on any atom is -0.365 e. The highest BCUT2D eigenvalue weighted by Gasteiger charge is 2.16. The van der Waals surface area contributed by atoms with Crippen LogP contribution in [0.1, 0.15) is 30.6 Å². The fraction of sp³-hybridized carbons (Fsp3) is 0.227. The van der Waals surface area contributed by atoms with Crippen LogP contribution in [0.25, 0.3) is 0 Å². The van der Waals surface area contributed by atoms with E-state index in [4.69, 9.17) is 5.73 Å². The van der Waals surface area contributed by atoms with Crippen molar-refractivity contribution in [3.63, 3.8) is 0 Å². The van der Waals surface area contributed by atoms with Gasteiger partial charge in [-0.25, -0.2) is 9.37 Å². The fourth-order valence-electron chi connectivity index (χ4n) is 2.74. The summed E-state index contributed by atoms with van der Waals surface area (Å²) >= 11 is 4.96. The van der Waals surface area contributed by atoms with Gasteiger partial charge in [-0.05, 0) is 76.6 Å². The Labute approximate surface area is 199 Å². The third kappa shape index (κ3) is 6.65. The minimum absolute atomic E-state index is 0.217. The van der Waals surface area contributed by atoms with E-state index in [-0.39, 0.29) is 11.3 Å². The van der Waals surface area contributed by atoms with Gasteiger partial charge < -0.3 is 16.4 Å². The highest BCUT2D eigenvalue weighted by Crippen LogP contribution is 2.28. The first-order valence-electron chi connectivity index (χ1n) is 9.98. The zero-order valence-electron chi connectivity index (χ0n) is 17.7. The van der Waals surface area contributed by atoms with Gasteiger partial charge in [-0.1, -0.05) is 19.9 Å². The van der Waals surface area contributed by atoms with Crippen molar-refractivity contribution in [1.82, 2.24) is 14.7 Å². The number of aromatic nitrogens is 2. The Bertz CT molecular complexity index is 1080. The smallest absolute Gasteiger partial charge is 0.253 e. The van der Waals surface area contributed by atoms with Gasteiger partial charge in [0.1, 0.15) is 11.6 Å². The van der Waals surface area contributed by atoms with Crippen molar-refractivity contribution >= 4 is 56.9 Å². The van der Waals surface area contributed by atoms with E-state index in [1.165, 1.54) is 12.1 Å². The van der Waals surface area contributed by atoms with Crippen molar-refractivity contribution in [3.05, 3.63) is 64.5 Å². The molecule has 0 aliphatic rings. The molecular weight excluding hydrogens is 495 g/mol. The standard InChI is InChI=1S/C22H24BrFN6OS/c1-13(2)10-11-27-32-15-8-6-14(7-9-15)28-22-26-12-16(23)21(30-22)29-18-5-3-4-17(24)19(18)20(25)31/h3-9,12-13,27H,10-11H2,1-2H3,(H2,25,31)(H2,26,28,29,30). The summed E-state index contributed by atoms with van der Waals surface area (Å²) in [6, 6.07) is 12.1. The van der Waals surface area contributed by atoms with E-state index >= 15 is 0 Å². The zero-order valence-corrected chi connectivity index (χ0v) is 20.1. The van der Waals surface area contributed by atoms with Gasteiger partial charge in [0.05, 0.1) is 15.7 Å². The Balaban J connectivity index is 1.69. The Morgan fingerprint density at radius 3 is 2.62 bits per heavy atom. The number of nitrogens with zero attached hydrogens (tertiary/aromatic N) is 2. The molecule has 7 nitrogen and oxygen atoms in total. The van der Waals surface area contributed by atoms with Crippen molar-refractivity contribution in [2.75, 3.05) is 17.2 Å². The average molecular weight is 519 g/mol. The number of primary amides is 1. The summed E-state index contributed by atoms with van der Waals surface area (Å²) in [5.74, 6) is -0.211. The number of carbonyl (C=O) groups excluding carboxylic acids is 1. The normalized spacial score (nSPS) is 10.9. The van der Waals surface area contributed by atoms with Crippen LogP contribution < -0.4 is 21.1 Å². The van der Waals surface area contributed by atoms with Gasteiger partial charge in [0, 0.05) is 23.3 Å². The van der Waals surface area contributed by atoms with Crippen LogP contribution in [0.2, 0.25) is 0 Å². The van der Waals surface area contributed by atoms with Gasteiger partial charge in [0.15, 0.2) is 0 Å². The van der Waals surface area contributed by atoms with Crippen molar-refractivity contribution in [1.29, 1.82) is 0 Å². The van der Waals surface area contributed by atoms with E-state index in [0.29, 0.717) is 22.2 Å². The SMILES string of the molecule is CC(C)CCNSc1ccc(Nc2ncc(Br)c(Nc3cccc(F)c3C(N)=O)n2)cc1. The maximum absolute atomic E-state index is 14.0. The second kappa shape index (κ2) is 11.3. The number of benzene rings is 2. The van der Waals surface area contributed by atoms with E-state index in [0.717, 1.165) is 23.5 Å². The molecule has 5 N–H and O–H groups in total. The second-order valence-corrected chi connectivity index (χ2v) is 9.19. The number of nitrogens with one attached hydrogen (secondary N) is 3. The molecule has 0 fully saturated rings. The monoisotopic (exact) mass is 518 g/mol. The first kappa shape index (κ1) is 24.0. The maximum atomic E-state index is 14.0. The van der Waals surface area contributed by atoms with Crippen molar-refractivity contribution < 1.29 is 9.18 Å². The third-order valence-corrected chi connectivity index (χ3v) is 5.82. The van der Waals surface area contributed by atoms with Crippen LogP contribution in [-0.4, -0.2) is 22.4 Å². The van der Waals surface area contributed by atoms with E-state index < -0.39 is 11.7 Å². The van der Waals surface area contributed by atoms with Crippen LogP contribution in [0, 0.1) is 11.7 Å². The molecule has 1 amide bonds. The molecule has 0 saturated heterocycles. The number of amides is 1. The Morgan fingerprint density at radius 2 is 1.94 bits per heavy atom. The molecule has 3 aromatic rings. The number of hydrogen-bond acceptors (Lipinski definition) is 7. The number of nitrogens with two attached hydrogens (primary N) is 1. The molecule has 10 heteroatoms. The summed E-state index contributed by atoms with van der Waals surface area (Å²) in [7, 11) is 0. The Kier molecular flexibility index (Phi) is 8.43. The molecule has 0 saturated carbocycles.